The highest BCUT2D eigenvalue weighted by molar-refractivity contribution is 8.14. The Labute approximate surface area is 555 Å². The molecule has 4 amide bonds. The summed E-state index contributed by atoms with van der Waals surface area (Å²) >= 11 is 2.26. The first-order valence-electron chi connectivity index (χ1n) is 33.9. The highest BCUT2D eigenvalue weighted by Crippen LogP contribution is 2.76. The van der Waals surface area contributed by atoms with E-state index in [-0.39, 0.29) is 39.8 Å². The van der Waals surface area contributed by atoms with Crippen LogP contribution in [0.4, 0.5) is 32.0 Å². The lowest BCUT2D eigenvalue weighted by atomic mass is 9.42. The van der Waals surface area contributed by atoms with Crippen molar-refractivity contribution in [1.29, 1.82) is 0 Å². The molecule has 0 saturated heterocycles. The van der Waals surface area contributed by atoms with E-state index in [9.17, 15) is 9.59 Å². The summed E-state index contributed by atoms with van der Waals surface area (Å²) in [5.74, 6) is -16.5. The molecule has 0 aromatic heterocycles. The lowest BCUT2D eigenvalue weighted by Gasteiger charge is -2.63. The summed E-state index contributed by atoms with van der Waals surface area (Å²) < 4.78 is 101. The number of ether oxygens (including phenoxy) is 1. The van der Waals surface area contributed by atoms with Gasteiger partial charge in [0.25, 0.3) is 23.6 Å². The van der Waals surface area contributed by atoms with Crippen molar-refractivity contribution >= 4 is 106 Å². The van der Waals surface area contributed by atoms with E-state index in [4.69, 9.17) is 4.74 Å². The van der Waals surface area contributed by atoms with Crippen LogP contribution in [-0.2, 0) is 15.6 Å². The number of hydrogen-bond donors (Lipinski definition) is 0. The number of unbranched alkanes of at least 4 members (excludes halogenated alkanes) is 6. The molecule has 4 aliphatic heterocycles. The largest absolute Gasteiger partial charge is 0.380 e. The second kappa shape index (κ2) is 21.3. The maximum atomic E-state index is 16.3. The van der Waals surface area contributed by atoms with Crippen LogP contribution in [0.3, 0.4) is 0 Å². The summed E-state index contributed by atoms with van der Waals surface area (Å²) in [6.07, 6.45) is 18.7. The fraction of sp³-hybridized carbons (Fsp3) is 0.375. The average molecular weight is 1320 g/mol. The molecule has 10 aliphatic rings. The second-order valence-corrected chi connectivity index (χ2v) is 31.5. The quantitative estimate of drug-likeness (QED) is 0.0295. The number of hydrogen-bond acceptors (Lipinski definition) is 7. The number of benzene rings is 8. The number of thioether (sulfide) groups is 2. The van der Waals surface area contributed by atoms with Crippen LogP contribution in [0.25, 0.3) is 52.9 Å². The molecule has 5 saturated carbocycles. The summed E-state index contributed by atoms with van der Waals surface area (Å²) in [6, 6.07) is 39.9. The van der Waals surface area contributed by atoms with Crippen LogP contribution < -0.4 is 4.90 Å². The van der Waals surface area contributed by atoms with Gasteiger partial charge in [0, 0.05) is 72.7 Å². The highest BCUT2D eigenvalue weighted by Gasteiger charge is 2.85. The van der Waals surface area contributed by atoms with Crippen molar-refractivity contribution in [2.75, 3.05) is 12.0 Å². The van der Waals surface area contributed by atoms with Crippen LogP contribution in [-0.4, -0.2) is 69.1 Å². The number of rotatable bonds is 17. The van der Waals surface area contributed by atoms with Crippen LogP contribution in [0.1, 0.15) is 187 Å². The Morgan fingerprint density at radius 3 is 1.43 bits per heavy atom. The molecule has 484 valence electrons. The van der Waals surface area contributed by atoms with E-state index in [0.717, 1.165) is 158 Å². The molecule has 4 unspecified atom stereocenters. The number of methoxy groups -OCH3 is 1. The average Bonchev–Trinajstić information content (AvgIpc) is 1.62. The zero-order chi connectivity index (χ0) is 65.7. The summed E-state index contributed by atoms with van der Waals surface area (Å²) in [5.41, 5.74) is 2.14. The minimum absolute atomic E-state index is 0.182. The van der Waals surface area contributed by atoms with Crippen molar-refractivity contribution in [3.8, 4) is 0 Å². The molecule has 4 bridgehead atoms. The smallest absolute Gasteiger partial charge is 0.361 e. The molecule has 8 aromatic carbocycles. The number of amides is 4. The number of nitrogens with zero attached hydrogens (tertiary/aromatic N) is 2. The Morgan fingerprint density at radius 2 is 0.947 bits per heavy atom. The number of allylic oxidation sites excluding steroid dienone is 3. The molecule has 0 spiro atoms. The third kappa shape index (κ3) is 8.21. The number of fused-ring (bicyclic) bond motifs is 6. The first-order chi connectivity index (χ1) is 45.7. The Balaban J connectivity index is 0.657. The van der Waals surface area contributed by atoms with Crippen LogP contribution in [0.5, 0.6) is 0 Å². The SMILES string of the molecule is CCCCCCC(CCCCCC)N1C(=O)c2ccc3c4ccc5c6c(ccc(c7ccc(c2c37)C1=O)c64)C(=O)N(c1ccc(C23C[C@@H]4C[C@@H](CC(c6ccc(C7=CC8=C9C(=C%10C=C(c%11ccccc%11)SC%10(OC)C8(C)S7)C(F)(F)C(F)(F)C9(F)F)cc6)(C4)C2)C3)cc1)C5=O. The summed E-state index contributed by atoms with van der Waals surface area (Å²) in [5, 5.41) is 6.24. The van der Waals surface area contributed by atoms with Gasteiger partial charge in [-0.1, -0.05) is 168 Å². The molecule has 5 fully saturated rings. The van der Waals surface area contributed by atoms with Gasteiger partial charge in [-0.05, 0) is 190 Å². The van der Waals surface area contributed by atoms with E-state index in [1.165, 1.54) is 35.9 Å². The van der Waals surface area contributed by atoms with Gasteiger partial charge in [0.05, 0.1) is 10.4 Å². The molecule has 6 aliphatic carbocycles. The van der Waals surface area contributed by atoms with E-state index < -0.39 is 50.4 Å². The molecular weight excluding hydrogens is 1250 g/mol. The standard InChI is InChI=1S/C80H70F6N2O5S2/c1-5-7-9-14-18-50(19-15-10-8-6-2)87-70(89)56-32-28-52-54-30-34-58-67-59(35-31-55(65(54)67)53-29-33-57(71(87)90)66(56)64(52)53)73(92)88(72(58)91)51-26-24-49(25-27-51)76-41-44-36-45(42-76)40-75(39-44,43-76)48-22-20-47(21-23-48)62-37-60-68-69(78(83,84)80(85,86)77(68,81)82)61-38-63(46-16-12-11-13-17-46)95-79(61,93-4)74(60,3)94-62/h11-13,16-17,20-35,37-38,44-45,50H,5-10,14-15,18-19,36,39-43H2,1-4H3/t44-,45+,74?,75?,76?,79?. The van der Waals surface area contributed by atoms with Gasteiger partial charge in [-0.15, -0.1) is 11.8 Å². The van der Waals surface area contributed by atoms with Crippen molar-refractivity contribution in [3.05, 3.63) is 206 Å². The van der Waals surface area contributed by atoms with E-state index in [1.54, 1.807) is 42.2 Å². The first-order valence-corrected chi connectivity index (χ1v) is 35.5. The minimum Gasteiger partial charge on any atom is -0.361 e. The number of imide groups is 2. The van der Waals surface area contributed by atoms with Crippen LogP contribution in [0, 0.1) is 11.8 Å². The van der Waals surface area contributed by atoms with Gasteiger partial charge < -0.3 is 4.74 Å². The molecule has 18 rings (SSSR count). The van der Waals surface area contributed by atoms with Crippen LogP contribution in [0.2, 0.25) is 0 Å². The second-order valence-electron chi connectivity index (χ2n) is 28.8. The molecule has 0 radical (unpaired) electrons. The number of anilines is 1. The third-order valence-corrected chi connectivity index (χ3v) is 26.8. The summed E-state index contributed by atoms with van der Waals surface area (Å²) in [6.45, 7) is 6.00. The Hall–Kier alpha value is -7.46. The lowest BCUT2D eigenvalue weighted by Crippen LogP contribution is -2.55. The number of carbonyl (C=O) groups excluding carboxylic acids is 4. The third-order valence-electron chi connectivity index (χ3n) is 23.6. The van der Waals surface area contributed by atoms with E-state index >= 15 is 35.9 Å². The summed E-state index contributed by atoms with van der Waals surface area (Å²) in [4.78, 5) is 61.6. The predicted molar refractivity (Wildman–Crippen MR) is 366 cm³/mol. The maximum absolute atomic E-state index is 16.3. The lowest BCUT2D eigenvalue weighted by molar-refractivity contribution is -0.258. The Bertz CT molecular complexity index is 4680. The van der Waals surface area contributed by atoms with E-state index in [2.05, 4.69) is 38.1 Å². The number of carbonyl (C=O) groups is 4. The van der Waals surface area contributed by atoms with Gasteiger partial charge in [0.15, 0.2) is 4.93 Å². The zero-order valence-electron chi connectivity index (χ0n) is 53.3. The minimum atomic E-state index is -5.70. The van der Waals surface area contributed by atoms with Gasteiger partial charge >= 0.3 is 17.8 Å². The fourth-order valence-electron chi connectivity index (χ4n) is 19.6. The van der Waals surface area contributed by atoms with Crippen molar-refractivity contribution < 1.29 is 50.3 Å². The topological polar surface area (TPSA) is 84.0 Å². The van der Waals surface area contributed by atoms with E-state index in [1.807, 2.05) is 72.8 Å². The normalized spacial score (nSPS) is 27.4. The molecule has 6 atom stereocenters. The Morgan fingerprint density at radius 1 is 0.505 bits per heavy atom. The van der Waals surface area contributed by atoms with Gasteiger partial charge in [-0.2, -0.15) is 26.3 Å². The number of alkyl halides is 6. The van der Waals surface area contributed by atoms with Crippen molar-refractivity contribution in [1.82, 2.24) is 4.90 Å². The van der Waals surface area contributed by atoms with Gasteiger partial charge in [0.1, 0.15) is 0 Å². The molecule has 4 heterocycles. The Kier molecular flexibility index (Phi) is 13.7. The monoisotopic (exact) mass is 1320 g/mol. The highest BCUT2D eigenvalue weighted by atomic mass is 32.2. The predicted octanol–water partition coefficient (Wildman–Crippen LogP) is 20.7. The van der Waals surface area contributed by atoms with Crippen molar-refractivity contribution in [3.63, 3.8) is 0 Å². The molecule has 8 aromatic rings. The maximum Gasteiger partial charge on any atom is 0.380 e. The number of halogens is 6. The molecule has 15 heteroatoms. The summed E-state index contributed by atoms with van der Waals surface area (Å²) in [7, 11) is 1.32. The van der Waals surface area contributed by atoms with E-state index in [0.29, 0.717) is 71.5 Å². The molecule has 0 N–H and O–H groups in total. The van der Waals surface area contributed by atoms with Crippen molar-refractivity contribution in [2.24, 2.45) is 11.8 Å². The molecular formula is C80H70F6N2O5S2. The molecule has 95 heavy (non-hydrogen) atoms. The first kappa shape index (κ1) is 61.2. The van der Waals surface area contributed by atoms with Gasteiger partial charge in [-0.25, -0.2) is 4.90 Å². The fourth-order valence-corrected chi connectivity index (χ4v) is 22.7. The van der Waals surface area contributed by atoms with Crippen LogP contribution >= 0.6 is 23.5 Å². The van der Waals surface area contributed by atoms with Gasteiger partial charge in [0.2, 0.25) is 0 Å². The van der Waals surface area contributed by atoms with Crippen molar-refractivity contribution in [2.45, 2.75) is 168 Å². The van der Waals surface area contributed by atoms with Crippen LogP contribution in [0.15, 0.2) is 162 Å². The molecule has 7 nitrogen and oxygen atoms in total. The van der Waals surface area contributed by atoms with Gasteiger partial charge in [-0.3, -0.25) is 24.1 Å². The zero-order valence-corrected chi connectivity index (χ0v) is 55.0.